The molecule has 3 saturated heterocycles. The Morgan fingerprint density at radius 3 is 2.30 bits per heavy atom. The van der Waals surface area contributed by atoms with Gasteiger partial charge in [-0.15, -0.1) is 0 Å². The number of hydrogen-bond acceptors (Lipinski definition) is 2. The van der Waals surface area contributed by atoms with Crippen LogP contribution < -0.4 is 5.32 Å². The number of rotatable bonds is 6. The molecular formula is C28H36N2. The number of nitrogens with one attached hydrogen (secondary N) is 1. The van der Waals surface area contributed by atoms with Gasteiger partial charge in [-0.2, -0.15) is 0 Å². The molecule has 5 aliphatic rings. The van der Waals surface area contributed by atoms with Crippen LogP contribution in [0, 0.1) is 17.3 Å². The first-order chi connectivity index (χ1) is 14.8. The number of anilines is 1. The van der Waals surface area contributed by atoms with Gasteiger partial charge in [0, 0.05) is 24.2 Å². The molecule has 158 valence electrons. The van der Waals surface area contributed by atoms with E-state index in [1.165, 1.54) is 87.8 Å². The second-order valence-corrected chi connectivity index (χ2v) is 10.8. The van der Waals surface area contributed by atoms with Gasteiger partial charge in [-0.3, -0.25) is 4.90 Å². The van der Waals surface area contributed by atoms with Crippen molar-refractivity contribution < 1.29 is 0 Å². The van der Waals surface area contributed by atoms with Crippen LogP contribution in [-0.2, 0) is 0 Å². The lowest BCUT2D eigenvalue weighted by molar-refractivity contribution is 0.0411. The van der Waals surface area contributed by atoms with Crippen molar-refractivity contribution in [1.82, 2.24) is 4.90 Å². The molecule has 2 aliphatic carbocycles. The summed E-state index contributed by atoms with van der Waals surface area (Å²) in [6.45, 7) is 3.75. The van der Waals surface area contributed by atoms with Crippen molar-refractivity contribution in [2.24, 2.45) is 17.3 Å². The molecule has 2 aromatic carbocycles. The van der Waals surface area contributed by atoms with E-state index in [0.717, 1.165) is 11.8 Å². The molecule has 1 N–H and O–H groups in total. The molecule has 0 aromatic heterocycles. The molecule has 0 amide bonds. The first-order valence-corrected chi connectivity index (χ1v) is 12.4. The second kappa shape index (κ2) is 7.71. The molecule has 5 fully saturated rings. The largest absolute Gasteiger partial charge is 0.384 e. The van der Waals surface area contributed by atoms with E-state index in [9.17, 15) is 0 Å². The zero-order valence-corrected chi connectivity index (χ0v) is 18.2. The molecule has 2 nitrogen and oxygen atoms in total. The Hall–Kier alpha value is -1.80. The van der Waals surface area contributed by atoms with Gasteiger partial charge >= 0.3 is 0 Å². The van der Waals surface area contributed by atoms with Crippen LogP contribution in [0.5, 0.6) is 0 Å². The van der Waals surface area contributed by atoms with Crippen LogP contribution in [0.2, 0.25) is 0 Å². The predicted octanol–water partition coefficient (Wildman–Crippen LogP) is 6.30. The van der Waals surface area contributed by atoms with Crippen molar-refractivity contribution >= 4 is 5.69 Å². The van der Waals surface area contributed by atoms with Gasteiger partial charge < -0.3 is 5.32 Å². The fourth-order valence-electron chi connectivity index (χ4n) is 7.35. The minimum Gasteiger partial charge on any atom is -0.384 e. The van der Waals surface area contributed by atoms with Crippen LogP contribution in [0.25, 0.3) is 0 Å². The monoisotopic (exact) mass is 400 g/mol. The molecule has 3 aliphatic heterocycles. The van der Waals surface area contributed by atoms with Crippen LogP contribution in [-0.4, -0.2) is 30.6 Å². The molecule has 3 heterocycles. The van der Waals surface area contributed by atoms with Crippen molar-refractivity contribution in [3.63, 3.8) is 0 Å². The Morgan fingerprint density at radius 1 is 0.867 bits per heavy atom. The summed E-state index contributed by atoms with van der Waals surface area (Å²) >= 11 is 0. The number of hydrogen-bond donors (Lipinski definition) is 1. The van der Waals surface area contributed by atoms with Gasteiger partial charge in [0.1, 0.15) is 0 Å². The van der Waals surface area contributed by atoms with Crippen LogP contribution in [0.3, 0.4) is 0 Å². The second-order valence-electron chi connectivity index (χ2n) is 10.8. The highest BCUT2D eigenvalue weighted by molar-refractivity contribution is 5.49. The zero-order chi connectivity index (χ0) is 20.0. The van der Waals surface area contributed by atoms with E-state index in [1.54, 1.807) is 0 Å². The minimum atomic E-state index is 0.483. The smallest absolute Gasteiger partial charge is 0.0343 e. The lowest BCUT2D eigenvalue weighted by atomic mass is 9.74. The van der Waals surface area contributed by atoms with Gasteiger partial charge in [0.25, 0.3) is 0 Å². The Balaban J connectivity index is 1.27. The van der Waals surface area contributed by atoms with E-state index >= 15 is 0 Å². The first-order valence-electron chi connectivity index (χ1n) is 12.4. The van der Waals surface area contributed by atoms with Crippen LogP contribution in [0.15, 0.2) is 54.6 Å². The average molecular weight is 401 g/mol. The molecule has 30 heavy (non-hydrogen) atoms. The van der Waals surface area contributed by atoms with Gasteiger partial charge in [0.15, 0.2) is 0 Å². The number of piperidine rings is 3. The molecule has 4 bridgehead atoms. The summed E-state index contributed by atoms with van der Waals surface area (Å²) in [5.41, 5.74) is 4.90. The third kappa shape index (κ3) is 3.47. The molecular weight excluding hydrogens is 364 g/mol. The highest BCUT2D eigenvalue weighted by Gasteiger charge is 2.44. The van der Waals surface area contributed by atoms with Crippen molar-refractivity contribution in [2.75, 3.05) is 25.0 Å². The summed E-state index contributed by atoms with van der Waals surface area (Å²) in [5.74, 6) is 2.44. The van der Waals surface area contributed by atoms with E-state index in [4.69, 9.17) is 0 Å². The Morgan fingerprint density at radius 2 is 1.63 bits per heavy atom. The fraction of sp³-hybridized carbons (Fsp3) is 0.571. The Kier molecular flexibility index (Phi) is 4.87. The van der Waals surface area contributed by atoms with Gasteiger partial charge in [-0.05, 0) is 105 Å². The third-order valence-corrected chi connectivity index (χ3v) is 9.04. The average Bonchev–Trinajstić information content (AvgIpc) is 3.42. The molecule has 2 saturated carbocycles. The Bertz CT molecular complexity index is 859. The van der Waals surface area contributed by atoms with Crippen molar-refractivity contribution in [2.45, 2.75) is 63.3 Å². The quantitative estimate of drug-likeness (QED) is 0.612. The molecule has 2 heteroatoms. The van der Waals surface area contributed by atoms with Crippen LogP contribution >= 0.6 is 0 Å². The number of benzene rings is 2. The normalized spacial score (nSPS) is 35.5. The lowest BCUT2D eigenvalue weighted by Crippen LogP contribution is -2.51. The van der Waals surface area contributed by atoms with E-state index < -0.39 is 0 Å². The number of nitrogens with zero attached hydrogens (tertiary/aromatic N) is 1. The lowest BCUT2D eigenvalue weighted by Gasteiger charge is -2.49. The van der Waals surface area contributed by atoms with Crippen LogP contribution in [0.4, 0.5) is 5.69 Å². The molecule has 7 rings (SSSR count). The Labute approximate surface area is 182 Å². The summed E-state index contributed by atoms with van der Waals surface area (Å²) in [6, 6.07) is 21.4. The molecule has 2 atom stereocenters. The van der Waals surface area contributed by atoms with Gasteiger partial charge in [0.05, 0.1) is 0 Å². The molecule has 0 radical (unpaired) electrons. The maximum Gasteiger partial charge on any atom is 0.0343 e. The highest BCUT2D eigenvalue weighted by atomic mass is 15.2. The molecule has 2 aromatic rings. The maximum absolute atomic E-state index is 3.88. The summed E-state index contributed by atoms with van der Waals surface area (Å²) in [7, 11) is 0. The van der Waals surface area contributed by atoms with E-state index in [0.29, 0.717) is 17.4 Å². The van der Waals surface area contributed by atoms with Crippen LogP contribution in [0.1, 0.15) is 68.4 Å². The minimum absolute atomic E-state index is 0.483. The first kappa shape index (κ1) is 18.9. The predicted molar refractivity (Wildman–Crippen MR) is 125 cm³/mol. The van der Waals surface area contributed by atoms with E-state index in [-0.39, 0.29) is 0 Å². The van der Waals surface area contributed by atoms with Gasteiger partial charge in [0.2, 0.25) is 0 Å². The van der Waals surface area contributed by atoms with Gasteiger partial charge in [-0.25, -0.2) is 0 Å². The molecule has 2 unspecified atom stereocenters. The summed E-state index contributed by atoms with van der Waals surface area (Å²) in [5, 5.41) is 3.88. The van der Waals surface area contributed by atoms with Gasteiger partial charge in [-0.1, -0.05) is 42.5 Å². The van der Waals surface area contributed by atoms with Crippen molar-refractivity contribution in [3.05, 3.63) is 65.7 Å². The topological polar surface area (TPSA) is 15.3 Å². The summed E-state index contributed by atoms with van der Waals surface area (Å²) < 4.78 is 0. The SMILES string of the molecule is c1ccc(C(c2cccc(NCC34CCC(CC3)C4)c2)C2CC3CCN2CC3)cc1. The third-order valence-electron chi connectivity index (χ3n) is 9.04. The maximum atomic E-state index is 3.88. The molecule has 0 spiro atoms. The van der Waals surface area contributed by atoms with Crippen molar-refractivity contribution in [3.8, 4) is 0 Å². The summed E-state index contributed by atoms with van der Waals surface area (Å²) in [4.78, 5) is 2.79. The standard InChI is InChI=1S/C28H36N2/c1-2-5-23(6-3-1)27(26-17-21-11-15-30(26)16-12-21)24-7-4-8-25(18-24)29-20-28-13-9-22(19-28)10-14-28/h1-8,18,21-22,26-27,29H,9-17,19-20H2. The van der Waals surface area contributed by atoms with E-state index in [2.05, 4.69) is 64.8 Å². The summed E-state index contributed by atoms with van der Waals surface area (Å²) in [6.07, 6.45) is 11.5. The number of fused-ring (bicyclic) bond motifs is 5. The van der Waals surface area contributed by atoms with Crippen molar-refractivity contribution in [1.29, 1.82) is 0 Å². The zero-order valence-electron chi connectivity index (χ0n) is 18.2. The van der Waals surface area contributed by atoms with E-state index in [1.807, 2.05) is 0 Å². The highest BCUT2D eigenvalue weighted by Crippen LogP contribution is 2.54. The fourth-order valence-corrected chi connectivity index (χ4v) is 7.35.